The lowest BCUT2D eigenvalue weighted by Gasteiger charge is -2.21. The monoisotopic (exact) mass is 215 g/mol. The van der Waals surface area contributed by atoms with Crippen LogP contribution >= 0.6 is 0 Å². The molecule has 0 rings (SSSR count). The second-order valence-corrected chi connectivity index (χ2v) is 4.86. The molecular formula is C12H25NO2. The van der Waals surface area contributed by atoms with E-state index in [0.29, 0.717) is 24.7 Å². The number of hydrogen-bond acceptors (Lipinski definition) is 2. The van der Waals surface area contributed by atoms with E-state index in [2.05, 4.69) is 33.0 Å². The van der Waals surface area contributed by atoms with Crippen LogP contribution in [0.5, 0.6) is 0 Å². The van der Waals surface area contributed by atoms with Crippen molar-refractivity contribution in [3.05, 3.63) is 0 Å². The van der Waals surface area contributed by atoms with Gasteiger partial charge in [-0.15, -0.1) is 0 Å². The van der Waals surface area contributed by atoms with Crippen molar-refractivity contribution in [2.75, 3.05) is 6.61 Å². The van der Waals surface area contributed by atoms with Crippen LogP contribution in [-0.4, -0.2) is 23.7 Å². The molecule has 3 nitrogen and oxygen atoms in total. The Morgan fingerprint density at radius 2 is 1.80 bits per heavy atom. The van der Waals surface area contributed by atoms with Crippen LogP contribution in [0.4, 0.5) is 0 Å². The van der Waals surface area contributed by atoms with Crippen LogP contribution in [0.15, 0.2) is 0 Å². The molecule has 2 N–H and O–H groups in total. The maximum absolute atomic E-state index is 11.5. The Kier molecular flexibility index (Phi) is 7.39. The second-order valence-electron chi connectivity index (χ2n) is 4.86. The molecule has 0 heterocycles. The molecular weight excluding hydrogens is 190 g/mol. The van der Waals surface area contributed by atoms with Gasteiger partial charge in [-0.3, -0.25) is 4.79 Å². The zero-order chi connectivity index (χ0) is 11.8. The summed E-state index contributed by atoms with van der Waals surface area (Å²) in [5.74, 6) is 1.04. The molecule has 1 atom stereocenters. The van der Waals surface area contributed by atoms with Crippen LogP contribution in [-0.2, 0) is 4.79 Å². The summed E-state index contributed by atoms with van der Waals surface area (Å²) in [4.78, 5) is 11.5. The number of amides is 1. The first kappa shape index (κ1) is 14.4. The average Bonchev–Trinajstić information content (AvgIpc) is 2.14. The molecule has 0 radical (unpaired) electrons. The van der Waals surface area contributed by atoms with Gasteiger partial charge in [-0.2, -0.15) is 0 Å². The summed E-state index contributed by atoms with van der Waals surface area (Å²) in [6, 6.07) is 0.106. The summed E-state index contributed by atoms with van der Waals surface area (Å²) in [6.07, 6.45) is 2.16. The Bertz CT molecular complexity index is 178. The fourth-order valence-corrected chi connectivity index (χ4v) is 1.41. The molecule has 0 aromatic rings. The first-order chi connectivity index (χ1) is 6.97. The quantitative estimate of drug-likeness (QED) is 0.682. The van der Waals surface area contributed by atoms with Gasteiger partial charge >= 0.3 is 0 Å². The van der Waals surface area contributed by atoms with Gasteiger partial charge in [0.2, 0.25) is 5.91 Å². The highest BCUT2D eigenvalue weighted by atomic mass is 16.3. The van der Waals surface area contributed by atoms with Crippen molar-refractivity contribution in [2.45, 2.75) is 53.0 Å². The molecule has 3 heteroatoms. The Morgan fingerprint density at radius 3 is 2.20 bits per heavy atom. The highest BCUT2D eigenvalue weighted by Crippen LogP contribution is 2.08. The maximum atomic E-state index is 11.5. The van der Waals surface area contributed by atoms with Crippen molar-refractivity contribution >= 4 is 5.91 Å². The summed E-state index contributed by atoms with van der Waals surface area (Å²) >= 11 is 0. The van der Waals surface area contributed by atoms with E-state index in [-0.39, 0.29) is 18.6 Å². The zero-order valence-electron chi connectivity index (χ0n) is 10.4. The Morgan fingerprint density at radius 1 is 1.20 bits per heavy atom. The minimum atomic E-state index is 0.106. The van der Waals surface area contributed by atoms with Gasteiger partial charge in [0.15, 0.2) is 0 Å². The minimum absolute atomic E-state index is 0.106. The van der Waals surface area contributed by atoms with Crippen molar-refractivity contribution in [3.63, 3.8) is 0 Å². The van der Waals surface area contributed by atoms with E-state index in [0.717, 1.165) is 6.42 Å². The van der Waals surface area contributed by atoms with E-state index in [4.69, 9.17) is 5.11 Å². The molecule has 0 saturated heterocycles. The van der Waals surface area contributed by atoms with Gasteiger partial charge in [-0.05, 0) is 24.7 Å². The number of carbonyl (C=O) groups is 1. The van der Waals surface area contributed by atoms with Crippen LogP contribution in [0, 0.1) is 11.8 Å². The standard InChI is InChI=1S/C12H25NO2/c1-9(2)5-6-12(15)13-11(7-8-14)10(3)4/h9-11,14H,5-8H2,1-4H3,(H,13,15). The fourth-order valence-electron chi connectivity index (χ4n) is 1.41. The third-order valence-corrected chi connectivity index (χ3v) is 2.54. The van der Waals surface area contributed by atoms with Crippen LogP contribution in [0.25, 0.3) is 0 Å². The van der Waals surface area contributed by atoms with Gasteiger partial charge in [-0.25, -0.2) is 0 Å². The first-order valence-electron chi connectivity index (χ1n) is 5.87. The number of hydrogen-bond donors (Lipinski definition) is 2. The van der Waals surface area contributed by atoms with Gasteiger partial charge in [-0.1, -0.05) is 27.7 Å². The van der Waals surface area contributed by atoms with Gasteiger partial charge < -0.3 is 10.4 Å². The lowest BCUT2D eigenvalue weighted by Crippen LogP contribution is -2.39. The molecule has 0 aromatic carbocycles. The smallest absolute Gasteiger partial charge is 0.220 e. The van der Waals surface area contributed by atoms with Gasteiger partial charge in [0.1, 0.15) is 0 Å². The number of rotatable bonds is 7. The van der Waals surface area contributed by atoms with Crippen molar-refractivity contribution in [3.8, 4) is 0 Å². The molecule has 0 aromatic heterocycles. The van der Waals surface area contributed by atoms with Crippen LogP contribution in [0.2, 0.25) is 0 Å². The molecule has 0 saturated carbocycles. The molecule has 15 heavy (non-hydrogen) atoms. The van der Waals surface area contributed by atoms with Crippen molar-refractivity contribution in [1.29, 1.82) is 0 Å². The molecule has 1 amide bonds. The third kappa shape index (κ3) is 7.37. The molecule has 0 spiro atoms. The lowest BCUT2D eigenvalue weighted by atomic mass is 10.0. The summed E-state index contributed by atoms with van der Waals surface area (Å²) in [5, 5.41) is 11.8. The van der Waals surface area contributed by atoms with Gasteiger partial charge in [0.25, 0.3) is 0 Å². The van der Waals surface area contributed by atoms with Gasteiger partial charge in [0, 0.05) is 19.1 Å². The zero-order valence-corrected chi connectivity index (χ0v) is 10.4. The van der Waals surface area contributed by atoms with E-state index in [1.54, 1.807) is 0 Å². The predicted octanol–water partition coefficient (Wildman–Crippen LogP) is 1.95. The van der Waals surface area contributed by atoms with Crippen molar-refractivity contribution < 1.29 is 9.90 Å². The highest BCUT2D eigenvalue weighted by Gasteiger charge is 2.15. The summed E-state index contributed by atoms with van der Waals surface area (Å²) in [6.45, 7) is 8.47. The third-order valence-electron chi connectivity index (χ3n) is 2.54. The normalized spacial score (nSPS) is 13.3. The van der Waals surface area contributed by atoms with Crippen molar-refractivity contribution in [1.82, 2.24) is 5.32 Å². The number of aliphatic hydroxyl groups is 1. The van der Waals surface area contributed by atoms with E-state index in [1.165, 1.54) is 0 Å². The Labute approximate surface area is 93.3 Å². The van der Waals surface area contributed by atoms with Crippen molar-refractivity contribution in [2.24, 2.45) is 11.8 Å². The predicted molar refractivity (Wildman–Crippen MR) is 62.5 cm³/mol. The highest BCUT2D eigenvalue weighted by molar-refractivity contribution is 5.76. The molecule has 90 valence electrons. The molecule has 0 aliphatic carbocycles. The first-order valence-corrected chi connectivity index (χ1v) is 5.87. The largest absolute Gasteiger partial charge is 0.396 e. The van der Waals surface area contributed by atoms with Crippen LogP contribution < -0.4 is 5.32 Å². The second kappa shape index (κ2) is 7.69. The topological polar surface area (TPSA) is 49.3 Å². The van der Waals surface area contributed by atoms with E-state index in [9.17, 15) is 4.79 Å². The molecule has 1 unspecified atom stereocenters. The average molecular weight is 215 g/mol. The van der Waals surface area contributed by atoms with E-state index in [1.807, 2.05) is 0 Å². The molecule has 0 fully saturated rings. The van der Waals surface area contributed by atoms with Crippen LogP contribution in [0.1, 0.15) is 47.0 Å². The number of nitrogens with one attached hydrogen (secondary N) is 1. The number of carbonyl (C=O) groups excluding carboxylic acids is 1. The SMILES string of the molecule is CC(C)CCC(=O)NC(CCO)C(C)C. The Balaban J connectivity index is 3.89. The number of aliphatic hydroxyl groups excluding tert-OH is 1. The summed E-state index contributed by atoms with van der Waals surface area (Å²) in [7, 11) is 0. The lowest BCUT2D eigenvalue weighted by molar-refractivity contribution is -0.122. The van der Waals surface area contributed by atoms with E-state index >= 15 is 0 Å². The fraction of sp³-hybridized carbons (Fsp3) is 0.917. The molecule has 0 bridgehead atoms. The molecule has 0 aliphatic rings. The maximum Gasteiger partial charge on any atom is 0.220 e. The Hall–Kier alpha value is -0.570. The van der Waals surface area contributed by atoms with Crippen LogP contribution in [0.3, 0.4) is 0 Å². The minimum Gasteiger partial charge on any atom is -0.396 e. The van der Waals surface area contributed by atoms with E-state index < -0.39 is 0 Å². The summed E-state index contributed by atoms with van der Waals surface area (Å²) in [5.41, 5.74) is 0. The van der Waals surface area contributed by atoms with Gasteiger partial charge in [0.05, 0.1) is 0 Å². The molecule has 0 aliphatic heterocycles. The summed E-state index contributed by atoms with van der Waals surface area (Å²) < 4.78 is 0.